The highest BCUT2D eigenvalue weighted by Crippen LogP contribution is 2.28. The molecule has 2 rings (SSSR count). The summed E-state index contributed by atoms with van der Waals surface area (Å²) in [6.07, 6.45) is -1.51. The topological polar surface area (TPSA) is 29.5 Å². The van der Waals surface area contributed by atoms with Crippen molar-refractivity contribution in [2.24, 2.45) is 0 Å². The zero-order valence-electron chi connectivity index (χ0n) is 10.0. The van der Waals surface area contributed by atoms with E-state index in [0.717, 1.165) is 18.2 Å². The summed E-state index contributed by atoms with van der Waals surface area (Å²) in [4.78, 5) is 0. The summed E-state index contributed by atoms with van der Waals surface area (Å²) in [7, 11) is 1.38. The number of hydrogen-bond acceptors (Lipinski definition) is 2. The van der Waals surface area contributed by atoms with Crippen molar-refractivity contribution < 1.29 is 23.0 Å². The first kappa shape index (κ1) is 13.4. The van der Waals surface area contributed by atoms with Gasteiger partial charge in [0, 0.05) is 23.3 Å². The zero-order chi connectivity index (χ0) is 14.0. The second-order valence-corrected chi connectivity index (χ2v) is 3.96. The Morgan fingerprint density at radius 3 is 2.05 bits per heavy atom. The van der Waals surface area contributed by atoms with Crippen LogP contribution in [0.5, 0.6) is 5.75 Å². The number of hydrogen-bond donors (Lipinski definition) is 1. The Balaban J connectivity index is 2.41. The Hall–Kier alpha value is -2.01. The molecule has 0 bridgehead atoms. The van der Waals surface area contributed by atoms with E-state index in [4.69, 9.17) is 4.74 Å². The summed E-state index contributed by atoms with van der Waals surface area (Å²) < 4.78 is 44.9. The molecule has 0 saturated heterocycles. The molecule has 0 aromatic heterocycles. The summed E-state index contributed by atoms with van der Waals surface area (Å²) in [5.41, 5.74) is -0.295. The molecule has 100 valence electrons. The number of benzene rings is 2. The van der Waals surface area contributed by atoms with Gasteiger partial charge in [-0.05, 0) is 18.2 Å². The molecule has 0 aliphatic carbocycles. The average molecular weight is 268 g/mol. The van der Waals surface area contributed by atoms with Crippen molar-refractivity contribution in [1.82, 2.24) is 0 Å². The van der Waals surface area contributed by atoms with E-state index in [9.17, 15) is 18.3 Å². The van der Waals surface area contributed by atoms with Crippen LogP contribution in [-0.2, 0) is 0 Å². The maximum atomic E-state index is 13.7. The van der Waals surface area contributed by atoms with Gasteiger partial charge < -0.3 is 9.84 Å². The predicted octanol–water partition coefficient (Wildman–Crippen LogP) is 3.19. The second-order valence-electron chi connectivity index (χ2n) is 3.96. The molecular weight excluding hydrogens is 257 g/mol. The molecule has 2 aromatic rings. The molecule has 2 nitrogen and oxygen atoms in total. The molecule has 0 radical (unpaired) electrons. The third-order valence-electron chi connectivity index (χ3n) is 2.76. The number of rotatable bonds is 3. The molecule has 0 fully saturated rings. The van der Waals surface area contributed by atoms with E-state index in [1.165, 1.54) is 19.2 Å². The van der Waals surface area contributed by atoms with Crippen molar-refractivity contribution in [2.75, 3.05) is 7.11 Å². The van der Waals surface area contributed by atoms with Crippen LogP contribution >= 0.6 is 0 Å². The lowest BCUT2D eigenvalue weighted by atomic mass is 10.0. The van der Waals surface area contributed by atoms with Crippen molar-refractivity contribution in [2.45, 2.75) is 6.10 Å². The quantitative estimate of drug-likeness (QED) is 0.926. The van der Waals surface area contributed by atoms with Gasteiger partial charge in [0.1, 0.15) is 29.3 Å². The molecule has 0 saturated carbocycles. The van der Waals surface area contributed by atoms with Gasteiger partial charge in [0.05, 0.1) is 7.11 Å². The minimum absolute atomic E-state index is 0.105. The van der Waals surface area contributed by atoms with E-state index in [0.29, 0.717) is 6.07 Å². The van der Waals surface area contributed by atoms with Gasteiger partial charge in [-0.2, -0.15) is 0 Å². The largest absolute Gasteiger partial charge is 0.497 e. The minimum Gasteiger partial charge on any atom is -0.497 e. The Bertz CT molecular complexity index is 599. The lowest BCUT2D eigenvalue weighted by Gasteiger charge is -2.14. The van der Waals surface area contributed by atoms with Crippen LogP contribution in [-0.4, -0.2) is 12.2 Å². The molecule has 0 aliphatic heterocycles. The highest BCUT2D eigenvalue weighted by molar-refractivity contribution is 5.36. The summed E-state index contributed by atoms with van der Waals surface area (Å²) >= 11 is 0. The van der Waals surface area contributed by atoms with Gasteiger partial charge >= 0.3 is 0 Å². The summed E-state index contributed by atoms with van der Waals surface area (Å²) in [6.45, 7) is 0. The van der Waals surface area contributed by atoms with Crippen LogP contribution in [0.3, 0.4) is 0 Å². The van der Waals surface area contributed by atoms with E-state index in [2.05, 4.69) is 0 Å². The SMILES string of the molecule is COc1ccc(C(O)c2ccc(F)cc2F)c(F)c1. The first-order valence-corrected chi connectivity index (χ1v) is 5.49. The van der Waals surface area contributed by atoms with E-state index >= 15 is 0 Å². The van der Waals surface area contributed by atoms with Crippen LogP contribution in [0.2, 0.25) is 0 Å². The Kier molecular flexibility index (Phi) is 3.76. The fourth-order valence-electron chi connectivity index (χ4n) is 1.75. The van der Waals surface area contributed by atoms with Crippen LogP contribution < -0.4 is 4.74 Å². The fourth-order valence-corrected chi connectivity index (χ4v) is 1.75. The molecule has 0 amide bonds. The Labute approximate surface area is 108 Å². The molecule has 5 heteroatoms. The highest BCUT2D eigenvalue weighted by Gasteiger charge is 2.19. The third-order valence-corrected chi connectivity index (χ3v) is 2.76. The zero-order valence-corrected chi connectivity index (χ0v) is 10.0. The molecule has 0 aliphatic rings. The van der Waals surface area contributed by atoms with Crippen LogP contribution in [0.15, 0.2) is 36.4 Å². The van der Waals surface area contributed by atoms with Gasteiger partial charge in [0.15, 0.2) is 0 Å². The van der Waals surface area contributed by atoms with Crippen molar-refractivity contribution in [3.63, 3.8) is 0 Å². The van der Waals surface area contributed by atoms with E-state index in [-0.39, 0.29) is 16.9 Å². The lowest BCUT2D eigenvalue weighted by molar-refractivity contribution is 0.209. The second kappa shape index (κ2) is 5.32. The molecule has 1 unspecified atom stereocenters. The number of methoxy groups -OCH3 is 1. The molecule has 0 heterocycles. The van der Waals surface area contributed by atoms with Crippen LogP contribution in [0, 0.1) is 17.5 Å². The van der Waals surface area contributed by atoms with Gasteiger partial charge in [-0.1, -0.05) is 6.07 Å². The normalized spacial score (nSPS) is 12.3. The van der Waals surface area contributed by atoms with Gasteiger partial charge in [0.25, 0.3) is 0 Å². The van der Waals surface area contributed by atoms with Crippen LogP contribution in [0.4, 0.5) is 13.2 Å². The molecular formula is C14H11F3O2. The first-order chi connectivity index (χ1) is 9.02. The van der Waals surface area contributed by atoms with Crippen molar-refractivity contribution >= 4 is 0 Å². The number of halogens is 3. The monoisotopic (exact) mass is 268 g/mol. The van der Waals surface area contributed by atoms with Gasteiger partial charge in [-0.25, -0.2) is 13.2 Å². The maximum Gasteiger partial charge on any atom is 0.133 e. The summed E-state index contributed by atoms with van der Waals surface area (Å²) in [5.74, 6) is -2.13. The van der Waals surface area contributed by atoms with Gasteiger partial charge in [0.2, 0.25) is 0 Å². The van der Waals surface area contributed by atoms with Crippen molar-refractivity contribution in [3.8, 4) is 5.75 Å². The van der Waals surface area contributed by atoms with Crippen molar-refractivity contribution in [3.05, 3.63) is 65.0 Å². The van der Waals surface area contributed by atoms with Crippen LogP contribution in [0.1, 0.15) is 17.2 Å². The minimum atomic E-state index is -1.51. The van der Waals surface area contributed by atoms with E-state index in [1.54, 1.807) is 0 Å². The molecule has 19 heavy (non-hydrogen) atoms. The lowest BCUT2D eigenvalue weighted by Crippen LogP contribution is -2.05. The molecule has 1 atom stereocenters. The smallest absolute Gasteiger partial charge is 0.133 e. The molecule has 1 N–H and O–H groups in total. The first-order valence-electron chi connectivity index (χ1n) is 5.49. The third kappa shape index (κ3) is 2.71. The van der Waals surface area contributed by atoms with Gasteiger partial charge in [-0.3, -0.25) is 0 Å². The summed E-state index contributed by atoms with van der Waals surface area (Å²) in [6, 6.07) is 6.55. The fraction of sp³-hybridized carbons (Fsp3) is 0.143. The highest BCUT2D eigenvalue weighted by atomic mass is 19.1. The average Bonchev–Trinajstić information content (AvgIpc) is 2.37. The van der Waals surface area contributed by atoms with Crippen LogP contribution in [0.25, 0.3) is 0 Å². The maximum absolute atomic E-state index is 13.7. The number of aliphatic hydroxyl groups excluding tert-OH is 1. The Morgan fingerprint density at radius 1 is 0.947 bits per heavy atom. The molecule has 2 aromatic carbocycles. The van der Waals surface area contributed by atoms with Gasteiger partial charge in [-0.15, -0.1) is 0 Å². The number of aliphatic hydroxyl groups is 1. The summed E-state index contributed by atoms with van der Waals surface area (Å²) in [5, 5.41) is 9.96. The standard InChI is InChI=1S/C14H11F3O2/c1-19-9-3-5-11(13(17)7-9)14(18)10-4-2-8(15)6-12(10)16/h2-7,14,18H,1H3. The van der Waals surface area contributed by atoms with Crippen molar-refractivity contribution in [1.29, 1.82) is 0 Å². The van der Waals surface area contributed by atoms with E-state index in [1.807, 2.05) is 0 Å². The Morgan fingerprint density at radius 2 is 1.53 bits per heavy atom. The predicted molar refractivity (Wildman–Crippen MR) is 63.4 cm³/mol. The van der Waals surface area contributed by atoms with E-state index < -0.39 is 23.6 Å². The number of ether oxygens (including phenoxy) is 1. The molecule has 0 spiro atoms.